The fourth-order valence-electron chi connectivity index (χ4n) is 4.48. The molecule has 1 aliphatic carbocycles. The van der Waals surface area contributed by atoms with Gasteiger partial charge in [-0.25, -0.2) is 0 Å². The van der Waals surface area contributed by atoms with Gasteiger partial charge < -0.3 is 9.47 Å². The summed E-state index contributed by atoms with van der Waals surface area (Å²) in [5.41, 5.74) is 1.39. The highest BCUT2D eigenvalue weighted by Gasteiger charge is 2.18. The summed E-state index contributed by atoms with van der Waals surface area (Å²) in [7, 11) is 0. The molecule has 1 aromatic carbocycles. The van der Waals surface area contributed by atoms with Crippen LogP contribution < -0.4 is 4.74 Å². The van der Waals surface area contributed by atoms with Crippen LogP contribution in [0, 0.1) is 17.8 Å². The average molecular weight is 345 g/mol. The Morgan fingerprint density at radius 1 is 1.00 bits per heavy atom. The monoisotopic (exact) mass is 344 g/mol. The van der Waals surface area contributed by atoms with Gasteiger partial charge in [-0.3, -0.25) is 0 Å². The molecule has 1 heterocycles. The molecule has 1 saturated heterocycles. The third-order valence-electron chi connectivity index (χ3n) is 6.15. The van der Waals surface area contributed by atoms with Crippen LogP contribution in [0.4, 0.5) is 0 Å². The topological polar surface area (TPSA) is 18.5 Å². The fraction of sp³-hybridized carbons (Fsp3) is 0.739. The van der Waals surface area contributed by atoms with E-state index in [2.05, 4.69) is 31.2 Å². The van der Waals surface area contributed by atoms with E-state index in [-0.39, 0.29) is 0 Å². The lowest BCUT2D eigenvalue weighted by Crippen LogP contribution is -2.21. The Hall–Kier alpha value is -1.02. The highest BCUT2D eigenvalue weighted by atomic mass is 16.5. The lowest BCUT2D eigenvalue weighted by Gasteiger charge is -2.25. The molecule has 0 bridgehead atoms. The minimum Gasteiger partial charge on any atom is -0.493 e. The minimum absolute atomic E-state index is 0.659. The highest BCUT2D eigenvalue weighted by Crippen LogP contribution is 2.31. The minimum atomic E-state index is 0.659. The Kier molecular flexibility index (Phi) is 7.66. The molecule has 25 heavy (non-hydrogen) atoms. The van der Waals surface area contributed by atoms with Crippen LogP contribution in [0.1, 0.15) is 70.3 Å². The van der Waals surface area contributed by atoms with Crippen molar-refractivity contribution in [2.75, 3.05) is 19.8 Å². The van der Waals surface area contributed by atoms with E-state index >= 15 is 0 Å². The van der Waals surface area contributed by atoms with Gasteiger partial charge in [0.05, 0.1) is 6.61 Å². The molecule has 0 amide bonds. The molecule has 2 nitrogen and oxygen atoms in total. The number of hydrogen-bond donors (Lipinski definition) is 0. The Balaban J connectivity index is 1.44. The molecule has 1 aliphatic heterocycles. The summed E-state index contributed by atoms with van der Waals surface area (Å²) in [6.45, 7) is 5.08. The Bertz CT molecular complexity index is 487. The second-order valence-electron chi connectivity index (χ2n) is 8.36. The molecule has 2 heteroatoms. The van der Waals surface area contributed by atoms with Gasteiger partial charge in [0, 0.05) is 13.2 Å². The Labute approximate surface area is 154 Å². The van der Waals surface area contributed by atoms with Crippen molar-refractivity contribution >= 4 is 0 Å². The molecular weight excluding hydrogens is 308 g/mol. The van der Waals surface area contributed by atoms with Gasteiger partial charge in [-0.1, -0.05) is 57.2 Å². The van der Waals surface area contributed by atoms with Gasteiger partial charge in [0.2, 0.25) is 0 Å². The molecule has 1 aromatic rings. The average Bonchev–Trinajstić information content (AvgIpc) is 2.67. The lowest BCUT2D eigenvalue weighted by atomic mass is 9.82. The molecule has 1 saturated carbocycles. The summed E-state index contributed by atoms with van der Waals surface area (Å²) in [6.07, 6.45) is 13.5. The number of ether oxygens (including phenoxy) is 2. The van der Waals surface area contributed by atoms with Crippen molar-refractivity contribution in [1.82, 2.24) is 0 Å². The molecular formula is C23H36O2. The summed E-state index contributed by atoms with van der Waals surface area (Å²) in [5.74, 6) is 3.58. The van der Waals surface area contributed by atoms with Gasteiger partial charge in [-0.15, -0.1) is 0 Å². The van der Waals surface area contributed by atoms with Crippen molar-refractivity contribution in [3.8, 4) is 5.75 Å². The molecule has 0 radical (unpaired) electrons. The van der Waals surface area contributed by atoms with Crippen LogP contribution in [0.25, 0.3) is 0 Å². The van der Waals surface area contributed by atoms with Crippen LogP contribution in [-0.4, -0.2) is 19.8 Å². The van der Waals surface area contributed by atoms with Crippen molar-refractivity contribution in [3.05, 3.63) is 29.8 Å². The standard InChI is InChI=1S/C23H36O2/c1-19(17-20-7-3-2-4-8-20)11-12-22-9-5-6-10-23(22)25-18-21-13-15-24-16-14-21/h5-6,9-10,19-21H,2-4,7-8,11-18H2,1H3. The van der Waals surface area contributed by atoms with E-state index in [1.54, 1.807) is 0 Å². The first-order valence-corrected chi connectivity index (χ1v) is 10.6. The van der Waals surface area contributed by atoms with Gasteiger partial charge in [0.25, 0.3) is 0 Å². The number of benzene rings is 1. The molecule has 3 rings (SSSR count). The van der Waals surface area contributed by atoms with Crippen LogP contribution in [0.3, 0.4) is 0 Å². The van der Waals surface area contributed by atoms with E-state index in [1.165, 1.54) is 50.5 Å². The second kappa shape index (κ2) is 10.2. The third-order valence-corrected chi connectivity index (χ3v) is 6.15. The first kappa shape index (κ1) is 18.8. The van der Waals surface area contributed by atoms with E-state index in [0.29, 0.717) is 5.92 Å². The van der Waals surface area contributed by atoms with E-state index in [1.807, 2.05) is 0 Å². The van der Waals surface area contributed by atoms with Gasteiger partial charge in [-0.2, -0.15) is 0 Å². The van der Waals surface area contributed by atoms with Crippen LogP contribution in [0.5, 0.6) is 5.75 Å². The number of hydrogen-bond acceptors (Lipinski definition) is 2. The number of rotatable bonds is 8. The molecule has 2 fully saturated rings. The molecule has 2 aliphatic rings. The van der Waals surface area contributed by atoms with E-state index in [4.69, 9.17) is 9.47 Å². The van der Waals surface area contributed by atoms with Crippen LogP contribution in [0.15, 0.2) is 24.3 Å². The normalized spacial score (nSPS) is 21.2. The van der Waals surface area contributed by atoms with Gasteiger partial charge in [-0.05, 0) is 61.5 Å². The zero-order valence-electron chi connectivity index (χ0n) is 16.1. The molecule has 0 spiro atoms. The summed E-state index contributed by atoms with van der Waals surface area (Å²) in [5, 5.41) is 0. The zero-order valence-corrected chi connectivity index (χ0v) is 16.1. The Morgan fingerprint density at radius 2 is 1.76 bits per heavy atom. The highest BCUT2D eigenvalue weighted by molar-refractivity contribution is 5.33. The first-order valence-electron chi connectivity index (χ1n) is 10.6. The van der Waals surface area contributed by atoms with Gasteiger partial charge >= 0.3 is 0 Å². The van der Waals surface area contributed by atoms with E-state index in [0.717, 1.165) is 56.7 Å². The molecule has 140 valence electrons. The van der Waals surface area contributed by atoms with Crippen molar-refractivity contribution in [2.24, 2.45) is 17.8 Å². The predicted octanol–water partition coefficient (Wildman–Crippen LogP) is 6.03. The number of aryl methyl sites for hydroxylation is 1. The number of para-hydroxylation sites is 1. The van der Waals surface area contributed by atoms with Crippen LogP contribution >= 0.6 is 0 Å². The van der Waals surface area contributed by atoms with Gasteiger partial charge in [0.1, 0.15) is 5.75 Å². The van der Waals surface area contributed by atoms with E-state index in [9.17, 15) is 0 Å². The fourth-order valence-corrected chi connectivity index (χ4v) is 4.48. The quantitative estimate of drug-likeness (QED) is 0.573. The first-order chi connectivity index (χ1) is 12.3. The van der Waals surface area contributed by atoms with Crippen LogP contribution in [0.2, 0.25) is 0 Å². The second-order valence-corrected chi connectivity index (χ2v) is 8.36. The maximum Gasteiger partial charge on any atom is 0.122 e. The Morgan fingerprint density at radius 3 is 2.56 bits per heavy atom. The lowest BCUT2D eigenvalue weighted by molar-refractivity contribution is 0.0496. The summed E-state index contributed by atoms with van der Waals surface area (Å²) in [4.78, 5) is 0. The molecule has 1 unspecified atom stereocenters. The SMILES string of the molecule is CC(CCc1ccccc1OCC1CCOCC1)CC1CCCCC1. The maximum absolute atomic E-state index is 6.20. The summed E-state index contributed by atoms with van der Waals surface area (Å²) in [6, 6.07) is 8.67. The van der Waals surface area contributed by atoms with E-state index < -0.39 is 0 Å². The van der Waals surface area contributed by atoms with Crippen molar-refractivity contribution in [1.29, 1.82) is 0 Å². The van der Waals surface area contributed by atoms with Crippen molar-refractivity contribution < 1.29 is 9.47 Å². The summed E-state index contributed by atoms with van der Waals surface area (Å²) >= 11 is 0. The molecule has 0 N–H and O–H groups in total. The molecule has 0 aromatic heterocycles. The van der Waals surface area contributed by atoms with Gasteiger partial charge in [0.15, 0.2) is 0 Å². The smallest absolute Gasteiger partial charge is 0.122 e. The van der Waals surface area contributed by atoms with Crippen molar-refractivity contribution in [3.63, 3.8) is 0 Å². The van der Waals surface area contributed by atoms with Crippen LogP contribution in [-0.2, 0) is 11.2 Å². The summed E-state index contributed by atoms with van der Waals surface area (Å²) < 4.78 is 11.7. The largest absolute Gasteiger partial charge is 0.493 e. The molecule has 1 atom stereocenters. The van der Waals surface area contributed by atoms with Crippen molar-refractivity contribution in [2.45, 2.75) is 71.1 Å². The maximum atomic E-state index is 6.20. The third kappa shape index (κ3) is 6.33. The predicted molar refractivity (Wildman–Crippen MR) is 104 cm³/mol. The zero-order chi connectivity index (χ0) is 17.3.